The minimum atomic E-state index is 0.579. The van der Waals surface area contributed by atoms with E-state index in [0.29, 0.717) is 6.54 Å². The van der Waals surface area contributed by atoms with Gasteiger partial charge in [-0.25, -0.2) is 0 Å². The third-order valence-electron chi connectivity index (χ3n) is 2.16. The number of nitrogens with one attached hydrogen (secondary N) is 1. The third-order valence-corrected chi connectivity index (χ3v) is 2.16. The Hall–Kier alpha value is -1.87. The lowest BCUT2D eigenvalue weighted by molar-refractivity contribution is 1.07. The van der Waals surface area contributed by atoms with Crippen LogP contribution in [0.1, 0.15) is 5.56 Å². The predicted octanol–water partition coefficient (Wildman–Crippen LogP) is 2.28. The molecule has 3 nitrogen and oxygen atoms in total. The van der Waals surface area contributed by atoms with Gasteiger partial charge in [0.25, 0.3) is 0 Å². The van der Waals surface area contributed by atoms with Crippen LogP contribution in [0.25, 0.3) is 0 Å². The molecule has 0 aliphatic carbocycles. The largest absolute Gasteiger partial charge is 0.355 e. The van der Waals surface area contributed by atoms with Gasteiger partial charge >= 0.3 is 0 Å². The van der Waals surface area contributed by atoms with Crippen molar-refractivity contribution in [3.05, 3.63) is 54.4 Å². The molecule has 0 aliphatic heterocycles. The Kier molecular flexibility index (Phi) is 2.95. The Balaban J connectivity index is 2.11. The first kappa shape index (κ1) is 9.68. The predicted molar refractivity (Wildman–Crippen MR) is 61.9 cm³/mol. The molecular formula is C12H13N3. The van der Waals surface area contributed by atoms with Crippen molar-refractivity contribution >= 4 is 11.4 Å². The van der Waals surface area contributed by atoms with Crippen molar-refractivity contribution in [2.75, 3.05) is 5.32 Å². The first-order valence-electron chi connectivity index (χ1n) is 4.84. The minimum Gasteiger partial charge on any atom is -0.355 e. The number of aromatic nitrogens is 1. The third kappa shape index (κ3) is 2.54. The van der Waals surface area contributed by atoms with Crippen LogP contribution < -0.4 is 11.1 Å². The van der Waals surface area contributed by atoms with Crippen LogP contribution >= 0.6 is 0 Å². The molecule has 2 rings (SSSR count). The zero-order chi connectivity index (χ0) is 10.5. The number of nitrogens with two attached hydrogens (primary N) is 1. The van der Waals surface area contributed by atoms with Crippen molar-refractivity contribution in [3.63, 3.8) is 0 Å². The normalized spacial score (nSPS) is 9.93. The van der Waals surface area contributed by atoms with Crippen LogP contribution in [-0.2, 0) is 6.54 Å². The van der Waals surface area contributed by atoms with Gasteiger partial charge < -0.3 is 11.1 Å². The summed E-state index contributed by atoms with van der Waals surface area (Å²) in [5.74, 6) is 0. The molecule has 0 fully saturated rings. The summed E-state index contributed by atoms with van der Waals surface area (Å²) in [6, 6.07) is 11.9. The zero-order valence-electron chi connectivity index (χ0n) is 8.35. The molecule has 0 radical (unpaired) electrons. The number of rotatable bonds is 3. The lowest BCUT2D eigenvalue weighted by Crippen LogP contribution is -1.96. The van der Waals surface area contributed by atoms with E-state index in [1.807, 2.05) is 36.4 Å². The monoisotopic (exact) mass is 199 g/mol. The van der Waals surface area contributed by atoms with E-state index in [1.165, 1.54) is 0 Å². The average Bonchev–Trinajstić information content (AvgIpc) is 2.31. The second-order valence-corrected chi connectivity index (χ2v) is 3.26. The van der Waals surface area contributed by atoms with E-state index >= 15 is 0 Å². The van der Waals surface area contributed by atoms with Crippen LogP contribution in [0.15, 0.2) is 48.8 Å². The fraction of sp³-hybridized carbons (Fsp3) is 0.0833. The number of pyridine rings is 1. The lowest BCUT2D eigenvalue weighted by atomic mass is 10.2. The summed E-state index contributed by atoms with van der Waals surface area (Å²) >= 11 is 0. The maximum atomic E-state index is 5.52. The van der Waals surface area contributed by atoms with Crippen LogP contribution in [-0.4, -0.2) is 4.98 Å². The lowest BCUT2D eigenvalue weighted by Gasteiger charge is -2.06. The standard InChI is InChI=1S/C12H13N3/c13-9-10-1-3-11(4-2-10)15-12-5-7-14-8-6-12/h1-8H,9,13H2,(H,14,15). The van der Waals surface area contributed by atoms with Gasteiger partial charge in [0.2, 0.25) is 0 Å². The van der Waals surface area contributed by atoms with Crippen LogP contribution in [0.4, 0.5) is 11.4 Å². The van der Waals surface area contributed by atoms with Gasteiger partial charge in [0, 0.05) is 30.3 Å². The second kappa shape index (κ2) is 4.57. The van der Waals surface area contributed by atoms with Crippen molar-refractivity contribution in [1.29, 1.82) is 0 Å². The Morgan fingerprint density at radius 2 is 1.53 bits per heavy atom. The Morgan fingerprint density at radius 3 is 2.13 bits per heavy atom. The van der Waals surface area contributed by atoms with Gasteiger partial charge in [0.05, 0.1) is 0 Å². The number of hydrogen-bond acceptors (Lipinski definition) is 3. The highest BCUT2D eigenvalue weighted by molar-refractivity contribution is 5.58. The fourth-order valence-corrected chi connectivity index (χ4v) is 1.33. The second-order valence-electron chi connectivity index (χ2n) is 3.26. The summed E-state index contributed by atoms with van der Waals surface area (Å²) < 4.78 is 0. The maximum absolute atomic E-state index is 5.52. The quantitative estimate of drug-likeness (QED) is 0.797. The van der Waals surface area contributed by atoms with Crippen molar-refractivity contribution in [2.24, 2.45) is 5.73 Å². The van der Waals surface area contributed by atoms with E-state index in [0.717, 1.165) is 16.9 Å². The molecule has 0 amide bonds. The first-order chi connectivity index (χ1) is 7.38. The molecule has 3 N–H and O–H groups in total. The fourth-order valence-electron chi connectivity index (χ4n) is 1.33. The molecule has 0 atom stereocenters. The molecule has 0 spiro atoms. The minimum absolute atomic E-state index is 0.579. The summed E-state index contributed by atoms with van der Waals surface area (Å²) in [5, 5.41) is 3.27. The van der Waals surface area contributed by atoms with Crippen molar-refractivity contribution in [3.8, 4) is 0 Å². The smallest absolute Gasteiger partial charge is 0.0415 e. The van der Waals surface area contributed by atoms with E-state index < -0.39 is 0 Å². The summed E-state index contributed by atoms with van der Waals surface area (Å²) in [6.07, 6.45) is 3.52. The summed E-state index contributed by atoms with van der Waals surface area (Å²) in [5.41, 5.74) is 8.75. The van der Waals surface area contributed by atoms with Gasteiger partial charge in [-0.2, -0.15) is 0 Å². The van der Waals surface area contributed by atoms with Gasteiger partial charge in [0.15, 0.2) is 0 Å². The van der Waals surface area contributed by atoms with E-state index in [1.54, 1.807) is 12.4 Å². The van der Waals surface area contributed by atoms with Crippen LogP contribution in [0.3, 0.4) is 0 Å². The van der Waals surface area contributed by atoms with Crippen molar-refractivity contribution < 1.29 is 0 Å². The van der Waals surface area contributed by atoms with Gasteiger partial charge in [-0.05, 0) is 29.8 Å². The average molecular weight is 199 g/mol. The first-order valence-corrected chi connectivity index (χ1v) is 4.84. The molecular weight excluding hydrogens is 186 g/mol. The molecule has 0 saturated carbocycles. The number of anilines is 2. The molecule has 0 saturated heterocycles. The summed E-state index contributed by atoms with van der Waals surface area (Å²) in [6.45, 7) is 0.579. The van der Waals surface area contributed by atoms with Gasteiger partial charge in [-0.15, -0.1) is 0 Å². The zero-order valence-corrected chi connectivity index (χ0v) is 8.35. The molecule has 1 aromatic heterocycles. The van der Waals surface area contributed by atoms with E-state index in [4.69, 9.17) is 5.73 Å². The van der Waals surface area contributed by atoms with Gasteiger partial charge in [-0.1, -0.05) is 12.1 Å². The van der Waals surface area contributed by atoms with E-state index in [2.05, 4.69) is 10.3 Å². The highest BCUT2D eigenvalue weighted by atomic mass is 14.9. The Morgan fingerprint density at radius 1 is 0.933 bits per heavy atom. The van der Waals surface area contributed by atoms with Gasteiger partial charge in [0.1, 0.15) is 0 Å². The molecule has 3 heteroatoms. The molecule has 1 aromatic carbocycles. The molecule has 0 unspecified atom stereocenters. The summed E-state index contributed by atoms with van der Waals surface area (Å²) in [7, 11) is 0. The Labute approximate surface area is 89.0 Å². The number of nitrogens with zero attached hydrogens (tertiary/aromatic N) is 1. The highest BCUT2D eigenvalue weighted by Crippen LogP contribution is 2.15. The molecule has 0 aliphatic rings. The molecule has 2 aromatic rings. The Bertz CT molecular complexity index is 409. The topological polar surface area (TPSA) is 50.9 Å². The van der Waals surface area contributed by atoms with Crippen LogP contribution in [0.5, 0.6) is 0 Å². The SMILES string of the molecule is NCc1ccc(Nc2ccncc2)cc1. The van der Waals surface area contributed by atoms with E-state index in [9.17, 15) is 0 Å². The molecule has 15 heavy (non-hydrogen) atoms. The maximum Gasteiger partial charge on any atom is 0.0415 e. The van der Waals surface area contributed by atoms with Crippen LogP contribution in [0.2, 0.25) is 0 Å². The number of hydrogen-bond donors (Lipinski definition) is 2. The molecule has 0 bridgehead atoms. The van der Waals surface area contributed by atoms with Gasteiger partial charge in [-0.3, -0.25) is 4.98 Å². The van der Waals surface area contributed by atoms with Crippen molar-refractivity contribution in [1.82, 2.24) is 4.98 Å². The summed E-state index contributed by atoms with van der Waals surface area (Å²) in [4.78, 5) is 3.96. The van der Waals surface area contributed by atoms with Crippen molar-refractivity contribution in [2.45, 2.75) is 6.54 Å². The van der Waals surface area contributed by atoms with E-state index in [-0.39, 0.29) is 0 Å². The highest BCUT2D eigenvalue weighted by Gasteiger charge is 1.93. The molecule has 1 heterocycles. The number of benzene rings is 1. The van der Waals surface area contributed by atoms with Crippen LogP contribution in [0, 0.1) is 0 Å². The molecule has 76 valence electrons.